The maximum absolute atomic E-state index is 12.3. The number of nitrogens with one attached hydrogen (secondary N) is 1. The maximum atomic E-state index is 12.3. The molecule has 0 bridgehead atoms. The Labute approximate surface area is 132 Å². The average Bonchev–Trinajstić information content (AvgIpc) is 2.49. The van der Waals surface area contributed by atoms with Gasteiger partial charge in [0.05, 0.1) is 13.2 Å². The zero-order chi connectivity index (χ0) is 15.4. The molecule has 0 saturated heterocycles. The molecule has 1 atom stereocenters. The van der Waals surface area contributed by atoms with Crippen LogP contribution >= 0.6 is 15.9 Å². The van der Waals surface area contributed by atoms with Gasteiger partial charge in [0.2, 0.25) is 0 Å². The number of amides is 1. The molecular formula is C16H17BrN2O2. The van der Waals surface area contributed by atoms with Gasteiger partial charge in [-0.15, -0.1) is 0 Å². The van der Waals surface area contributed by atoms with Crippen LogP contribution in [0.3, 0.4) is 0 Å². The molecule has 2 aromatic rings. The number of halogens is 1. The van der Waals surface area contributed by atoms with E-state index in [-0.39, 0.29) is 11.9 Å². The van der Waals surface area contributed by atoms with Gasteiger partial charge in [0.1, 0.15) is 5.75 Å². The molecule has 0 spiro atoms. The average molecular weight is 349 g/mol. The van der Waals surface area contributed by atoms with Crippen molar-refractivity contribution in [2.45, 2.75) is 13.0 Å². The Morgan fingerprint density at radius 2 is 2.00 bits per heavy atom. The van der Waals surface area contributed by atoms with Gasteiger partial charge >= 0.3 is 0 Å². The molecule has 0 radical (unpaired) electrons. The second-order valence-electron chi connectivity index (χ2n) is 4.67. The maximum Gasteiger partial charge on any atom is 0.251 e. The number of nitrogen functional groups attached to an aromatic ring is 1. The van der Waals surface area contributed by atoms with Crippen LogP contribution in [0, 0.1) is 0 Å². The van der Waals surface area contributed by atoms with E-state index in [0.29, 0.717) is 15.7 Å². The van der Waals surface area contributed by atoms with Crippen LogP contribution in [-0.2, 0) is 0 Å². The topological polar surface area (TPSA) is 64.3 Å². The third-order valence-corrected chi connectivity index (χ3v) is 3.90. The summed E-state index contributed by atoms with van der Waals surface area (Å²) in [6.07, 6.45) is 0. The Balaban J connectivity index is 2.16. The van der Waals surface area contributed by atoms with Gasteiger partial charge < -0.3 is 15.8 Å². The highest BCUT2D eigenvalue weighted by molar-refractivity contribution is 9.10. The van der Waals surface area contributed by atoms with Crippen molar-refractivity contribution in [2.24, 2.45) is 0 Å². The van der Waals surface area contributed by atoms with Crippen molar-refractivity contribution in [1.82, 2.24) is 5.32 Å². The van der Waals surface area contributed by atoms with Crippen LogP contribution in [0.25, 0.3) is 0 Å². The zero-order valence-electron chi connectivity index (χ0n) is 11.9. The standard InChI is InChI=1S/C16H17BrN2O2/c1-10(12-5-3-4-6-15(12)21-2)19-16(20)11-7-8-14(18)13(17)9-11/h3-10H,18H2,1-2H3,(H,19,20)/t10-/m0/s1. The highest BCUT2D eigenvalue weighted by Crippen LogP contribution is 2.25. The Hall–Kier alpha value is -2.01. The van der Waals surface area contributed by atoms with Gasteiger partial charge in [-0.3, -0.25) is 4.79 Å². The number of rotatable bonds is 4. The van der Waals surface area contributed by atoms with Gasteiger partial charge in [0.25, 0.3) is 5.91 Å². The summed E-state index contributed by atoms with van der Waals surface area (Å²) < 4.78 is 6.02. The lowest BCUT2D eigenvalue weighted by Gasteiger charge is -2.17. The Kier molecular flexibility index (Phi) is 4.85. The zero-order valence-corrected chi connectivity index (χ0v) is 13.5. The van der Waals surface area contributed by atoms with E-state index in [2.05, 4.69) is 21.2 Å². The van der Waals surface area contributed by atoms with Crippen LogP contribution in [0.1, 0.15) is 28.9 Å². The van der Waals surface area contributed by atoms with Crippen molar-refractivity contribution in [3.8, 4) is 5.75 Å². The summed E-state index contributed by atoms with van der Waals surface area (Å²) in [6.45, 7) is 1.92. The van der Waals surface area contributed by atoms with E-state index in [1.165, 1.54) is 0 Å². The van der Waals surface area contributed by atoms with E-state index in [1.54, 1.807) is 25.3 Å². The molecule has 110 valence electrons. The van der Waals surface area contributed by atoms with Crippen molar-refractivity contribution in [3.05, 3.63) is 58.1 Å². The van der Waals surface area contributed by atoms with Crippen LogP contribution in [0.15, 0.2) is 46.9 Å². The first-order chi connectivity index (χ1) is 10.0. The Morgan fingerprint density at radius 1 is 1.29 bits per heavy atom. The molecule has 0 aliphatic carbocycles. The minimum Gasteiger partial charge on any atom is -0.496 e. The van der Waals surface area contributed by atoms with E-state index >= 15 is 0 Å². The van der Waals surface area contributed by atoms with Gasteiger partial charge in [-0.1, -0.05) is 18.2 Å². The number of nitrogens with two attached hydrogens (primary N) is 1. The van der Waals surface area contributed by atoms with Crippen LogP contribution in [-0.4, -0.2) is 13.0 Å². The molecule has 0 aliphatic heterocycles. The van der Waals surface area contributed by atoms with Crippen molar-refractivity contribution >= 4 is 27.5 Å². The number of carbonyl (C=O) groups excluding carboxylic acids is 1. The second-order valence-corrected chi connectivity index (χ2v) is 5.53. The molecule has 0 saturated carbocycles. The molecule has 0 aliphatic rings. The summed E-state index contributed by atoms with van der Waals surface area (Å²) >= 11 is 3.32. The lowest BCUT2D eigenvalue weighted by molar-refractivity contribution is 0.0939. The van der Waals surface area contributed by atoms with Gasteiger partial charge in [0.15, 0.2) is 0 Å². The monoisotopic (exact) mass is 348 g/mol. The molecule has 0 heterocycles. The summed E-state index contributed by atoms with van der Waals surface area (Å²) in [5.41, 5.74) is 7.81. The summed E-state index contributed by atoms with van der Waals surface area (Å²) in [6, 6.07) is 12.6. The highest BCUT2D eigenvalue weighted by Gasteiger charge is 2.15. The third kappa shape index (κ3) is 3.55. The lowest BCUT2D eigenvalue weighted by Crippen LogP contribution is -2.27. The van der Waals surface area contributed by atoms with Crippen LogP contribution in [0.2, 0.25) is 0 Å². The summed E-state index contributed by atoms with van der Waals surface area (Å²) in [5.74, 6) is 0.595. The Morgan fingerprint density at radius 3 is 2.67 bits per heavy atom. The smallest absolute Gasteiger partial charge is 0.251 e. The number of ether oxygens (including phenoxy) is 1. The predicted octanol–water partition coefficient (Wildman–Crippen LogP) is 3.53. The minimum absolute atomic E-state index is 0.158. The number of hydrogen-bond acceptors (Lipinski definition) is 3. The first kappa shape index (κ1) is 15.4. The molecule has 4 nitrogen and oxygen atoms in total. The fourth-order valence-electron chi connectivity index (χ4n) is 2.05. The number of hydrogen-bond donors (Lipinski definition) is 2. The first-order valence-electron chi connectivity index (χ1n) is 6.51. The van der Waals surface area contributed by atoms with Crippen molar-refractivity contribution in [1.29, 1.82) is 0 Å². The number of benzene rings is 2. The van der Waals surface area contributed by atoms with Crippen molar-refractivity contribution in [3.63, 3.8) is 0 Å². The molecule has 3 N–H and O–H groups in total. The number of para-hydroxylation sites is 1. The van der Waals surface area contributed by atoms with E-state index in [1.807, 2.05) is 31.2 Å². The minimum atomic E-state index is -0.162. The van der Waals surface area contributed by atoms with Gasteiger partial charge in [-0.2, -0.15) is 0 Å². The van der Waals surface area contributed by atoms with Gasteiger partial charge in [-0.25, -0.2) is 0 Å². The predicted molar refractivity (Wildman–Crippen MR) is 87.4 cm³/mol. The molecule has 1 amide bonds. The molecule has 2 rings (SSSR count). The molecule has 0 aromatic heterocycles. The quantitative estimate of drug-likeness (QED) is 0.830. The SMILES string of the molecule is COc1ccccc1[C@H](C)NC(=O)c1ccc(N)c(Br)c1. The van der Waals surface area contributed by atoms with Crippen molar-refractivity contribution < 1.29 is 9.53 Å². The van der Waals surface area contributed by atoms with Gasteiger partial charge in [0, 0.05) is 21.3 Å². The second kappa shape index (κ2) is 6.63. The lowest BCUT2D eigenvalue weighted by atomic mass is 10.1. The summed E-state index contributed by atoms with van der Waals surface area (Å²) in [4.78, 5) is 12.3. The largest absolute Gasteiger partial charge is 0.496 e. The van der Waals surface area contributed by atoms with E-state index in [9.17, 15) is 4.79 Å². The Bertz CT molecular complexity index is 658. The molecule has 5 heteroatoms. The molecule has 21 heavy (non-hydrogen) atoms. The number of methoxy groups -OCH3 is 1. The normalized spacial score (nSPS) is 11.8. The molecule has 0 fully saturated rings. The fourth-order valence-corrected chi connectivity index (χ4v) is 2.43. The van der Waals surface area contributed by atoms with E-state index < -0.39 is 0 Å². The highest BCUT2D eigenvalue weighted by atomic mass is 79.9. The molecular weight excluding hydrogens is 332 g/mol. The van der Waals surface area contributed by atoms with E-state index in [0.717, 1.165) is 11.3 Å². The third-order valence-electron chi connectivity index (χ3n) is 3.22. The van der Waals surface area contributed by atoms with Crippen LogP contribution < -0.4 is 15.8 Å². The summed E-state index contributed by atoms with van der Waals surface area (Å²) in [7, 11) is 1.62. The first-order valence-corrected chi connectivity index (χ1v) is 7.31. The number of carbonyl (C=O) groups is 1. The van der Waals surface area contributed by atoms with Crippen LogP contribution in [0.5, 0.6) is 5.75 Å². The number of anilines is 1. The van der Waals surface area contributed by atoms with Gasteiger partial charge in [-0.05, 0) is 47.1 Å². The van der Waals surface area contributed by atoms with E-state index in [4.69, 9.17) is 10.5 Å². The molecule has 2 aromatic carbocycles. The fraction of sp³-hybridized carbons (Fsp3) is 0.188. The van der Waals surface area contributed by atoms with Crippen LogP contribution in [0.4, 0.5) is 5.69 Å². The summed E-state index contributed by atoms with van der Waals surface area (Å²) in [5, 5.41) is 2.95. The molecule has 0 unspecified atom stereocenters. The van der Waals surface area contributed by atoms with Crippen molar-refractivity contribution in [2.75, 3.05) is 12.8 Å².